The molecule has 112 valence electrons. The molecule has 0 spiro atoms. The SMILES string of the molecule is Cc1ccc(CC(C)NC(=NC2CCCCC2)NN)s1. The minimum atomic E-state index is 0.325. The summed E-state index contributed by atoms with van der Waals surface area (Å²) >= 11 is 1.85. The monoisotopic (exact) mass is 294 g/mol. The molecule has 20 heavy (non-hydrogen) atoms. The molecule has 2 rings (SSSR count). The summed E-state index contributed by atoms with van der Waals surface area (Å²) in [5.41, 5.74) is 2.71. The van der Waals surface area contributed by atoms with Gasteiger partial charge >= 0.3 is 0 Å². The third-order valence-corrected chi connectivity index (χ3v) is 4.73. The molecule has 1 unspecified atom stereocenters. The zero-order valence-electron chi connectivity index (χ0n) is 12.5. The summed E-state index contributed by atoms with van der Waals surface area (Å²) in [5, 5.41) is 3.39. The van der Waals surface area contributed by atoms with Crippen molar-refractivity contribution in [3.05, 3.63) is 21.9 Å². The molecule has 1 aliphatic carbocycles. The van der Waals surface area contributed by atoms with Crippen LogP contribution in [0.15, 0.2) is 17.1 Å². The van der Waals surface area contributed by atoms with Crippen LogP contribution >= 0.6 is 11.3 Å². The molecule has 0 saturated heterocycles. The van der Waals surface area contributed by atoms with Crippen LogP contribution < -0.4 is 16.6 Å². The van der Waals surface area contributed by atoms with Crippen molar-refractivity contribution in [1.29, 1.82) is 0 Å². The number of hydrogen-bond acceptors (Lipinski definition) is 3. The maximum Gasteiger partial charge on any atom is 0.206 e. The van der Waals surface area contributed by atoms with Crippen molar-refractivity contribution in [3.8, 4) is 0 Å². The number of hydrazine groups is 1. The highest BCUT2D eigenvalue weighted by molar-refractivity contribution is 7.11. The third-order valence-electron chi connectivity index (χ3n) is 3.71. The maximum atomic E-state index is 5.60. The number of hydrogen-bond donors (Lipinski definition) is 3. The van der Waals surface area contributed by atoms with Gasteiger partial charge in [0.15, 0.2) is 0 Å². The quantitative estimate of drug-likeness (QED) is 0.346. The highest BCUT2D eigenvalue weighted by atomic mass is 32.1. The highest BCUT2D eigenvalue weighted by Crippen LogP contribution is 2.20. The molecule has 4 nitrogen and oxygen atoms in total. The number of guanidine groups is 1. The molecule has 1 heterocycles. The van der Waals surface area contributed by atoms with Gasteiger partial charge in [-0.3, -0.25) is 5.43 Å². The van der Waals surface area contributed by atoms with Gasteiger partial charge in [0.25, 0.3) is 0 Å². The molecule has 0 aliphatic heterocycles. The second kappa shape index (κ2) is 7.64. The van der Waals surface area contributed by atoms with Crippen molar-refractivity contribution >= 4 is 17.3 Å². The first-order valence-corrected chi connectivity index (χ1v) is 8.35. The lowest BCUT2D eigenvalue weighted by molar-refractivity contribution is 0.440. The summed E-state index contributed by atoms with van der Waals surface area (Å²) in [7, 11) is 0. The summed E-state index contributed by atoms with van der Waals surface area (Å²) in [5.74, 6) is 6.33. The van der Waals surface area contributed by atoms with E-state index in [1.54, 1.807) is 0 Å². The Labute approximate surface area is 125 Å². The van der Waals surface area contributed by atoms with Crippen LogP contribution in [0.4, 0.5) is 0 Å². The first kappa shape index (κ1) is 15.3. The van der Waals surface area contributed by atoms with E-state index in [1.165, 1.54) is 41.9 Å². The Hall–Kier alpha value is -1.07. The zero-order valence-corrected chi connectivity index (χ0v) is 13.3. The molecule has 1 aliphatic rings. The molecule has 0 amide bonds. The Balaban J connectivity index is 1.86. The number of nitrogens with zero attached hydrogens (tertiary/aromatic N) is 1. The van der Waals surface area contributed by atoms with Gasteiger partial charge in [0.1, 0.15) is 0 Å². The van der Waals surface area contributed by atoms with Crippen molar-refractivity contribution in [1.82, 2.24) is 10.7 Å². The maximum absolute atomic E-state index is 5.60. The second-order valence-corrected chi connectivity index (χ2v) is 7.05. The van der Waals surface area contributed by atoms with E-state index in [9.17, 15) is 0 Å². The Morgan fingerprint density at radius 1 is 1.40 bits per heavy atom. The van der Waals surface area contributed by atoms with E-state index in [2.05, 4.69) is 36.7 Å². The molecule has 0 aromatic carbocycles. The second-order valence-electron chi connectivity index (χ2n) is 5.68. The van der Waals surface area contributed by atoms with Crippen LogP contribution in [-0.4, -0.2) is 18.0 Å². The molecule has 4 N–H and O–H groups in total. The van der Waals surface area contributed by atoms with Crippen LogP contribution in [0.3, 0.4) is 0 Å². The first-order chi connectivity index (χ1) is 9.67. The average Bonchev–Trinajstić information content (AvgIpc) is 2.84. The fraction of sp³-hybridized carbons (Fsp3) is 0.667. The lowest BCUT2D eigenvalue weighted by Crippen LogP contribution is -2.46. The third kappa shape index (κ3) is 4.80. The summed E-state index contributed by atoms with van der Waals surface area (Å²) in [4.78, 5) is 7.47. The van der Waals surface area contributed by atoms with E-state index in [0.717, 1.165) is 12.4 Å². The molecule has 1 fully saturated rings. The van der Waals surface area contributed by atoms with Gasteiger partial charge in [0.05, 0.1) is 6.04 Å². The number of aliphatic imine (C=N–C) groups is 1. The Kier molecular flexibility index (Phi) is 5.86. The molecular formula is C15H26N4S. The smallest absolute Gasteiger partial charge is 0.206 e. The molecule has 1 aromatic rings. The van der Waals surface area contributed by atoms with Gasteiger partial charge in [0.2, 0.25) is 5.96 Å². The molecule has 5 heteroatoms. The van der Waals surface area contributed by atoms with Crippen molar-refractivity contribution in [2.24, 2.45) is 10.8 Å². The molecule has 1 saturated carbocycles. The van der Waals surface area contributed by atoms with Crippen LogP contribution in [0.1, 0.15) is 48.8 Å². The minimum Gasteiger partial charge on any atom is -0.353 e. The minimum absolute atomic E-state index is 0.325. The van der Waals surface area contributed by atoms with Gasteiger partial charge in [0, 0.05) is 22.2 Å². The van der Waals surface area contributed by atoms with E-state index in [0.29, 0.717) is 12.1 Å². The summed E-state index contributed by atoms with van der Waals surface area (Å²) in [6.45, 7) is 4.31. The lowest BCUT2D eigenvalue weighted by Gasteiger charge is -2.21. The normalized spacial score (nSPS) is 18.9. The zero-order chi connectivity index (χ0) is 14.4. The average molecular weight is 294 g/mol. The van der Waals surface area contributed by atoms with Crippen molar-refractivity contribution < 1.29 is 0 Å². The predicted molar refractivity (Wildman–Crippen MR) is 87.0 cm³/mol. The van der Waals surface area contributed by atoms with Crippen LogP contribution in [0.25, 0.3) is 0 Å². The number of aryl methyl sites for hydroxylation is 1. The van der Waals surface area contributed by atoms with Gasteiger partial charge in [-0.05, 0) is 38.8 Å². The van der Waals surface area contributed by atoms with Gasteiger partial charge in [-0.2, -0.15) is 0 Å². The fourth-order valence-corrected chi connectivity index (χ4v) is 3.71. The highest BCUT2D eigenvalue weighted by Gasteiger charge is 2.14. The predicted octanol–water partition coefficient (Wildman–Crippen LogP) is 2.73. The lowest BCUT2D eigenvalue weighted by atomic mass is 9.96. The van der Waals surface area contributed by atoms with E-state index in [1.807, 2.05) is 11.3 Å². The number of nitrogens with one attached hydrogen (secondary N) is 2. The first-order valence-electron chi connectivity index (χ1n) is 7.53. The van der Waals surface area contributed by atoms with Crippen LogP contribution in [0.5, 0.6) is 0 Å². The van der Waals surface area contributed by atoms with Crippen molar-refractivity contribution in [3.63, 3.8) is 0 Å². The summed E-state index contributed by atoms with van der Waals surface area (Å²) in [6, 6.07) is 5.13. The number of rotatable bonds is 4. The van der Waals surface area contributed by atoms with Crippen LogP contribution in [0.2, 0.25) is 0 Å². The molecule has 0 bridgehead atoms. The largest absolute Gasteiger partial charge is 0.353 e. The molecule has 0 radical (unpaired) electrons. The Bertz CT molecular complexity index is 435. The van der Waals surface area contributed by atoms with E-state index in [-0.39, 0.29) is 0 Å². The van der Waals surface area contributed by atoms with Crippen LogP contribution in [0, 0.1) is 6.92 Å². The standard InChI is InChI=1S/C15H26N4S/c1-11(10-14-9-8-12(2)20-14)17-15(19-16)18-13-6-4-3-5-7-13/h8-9,11,13H,3-7,10,16H2,1-2H3,(H2,17,18,19). The van der Waals surface area contributed by atoms with Gasteiger partial charge in [-0.1, -0.05) is 19.3 Å². The molecule has 1 atom stereocenters. The van der Waals surface area contributed by atoms with E-state index < -0.39 is 0 Å². The molecular weight excluding hydrogens is 268 g/mol. The molecule has 1 aromatic heterocycles. The van der Waals surface area contributed by atoms with Crippen molar-refractivity contribution in [2.45, 2.75) is 64.5 Å². The summed E-state index contributed by atoms with van der Waals surface area (Å²) in [6.07, 6.45) is 7.30. The van der Waals surface area contributed by atoms with Gasteiger partial charge in [-0.25, -0.2) is 10.8 Å². The van der Waals surface area contributed by atoms with Crippen molar-refractivity contribution in [2.75, 3.05) is 0 Å². The van der Waals surface area contributed by atoms with Crippen LogP contribution in [-0.2, 0) is 6.42 Å². The van der Waals surface area contributed by atoms with Gasteiger partial charge in [-0.15, -0.1) is 11.3 Å². The number of thiophene rings is 1. The van der Waals surface area contributed by atoms with E-state index in [4.69, 9.17) is 10.8 Å². The Morgan fingerprint density at radius 3 is 2.75 bits per heavy atom. The Morgan fingerprint density at radius 2 is 2.15 bits per heavy atom. The van der Waals surface area contributed by atoms with E-state index >= 15 is 0 Å². The topological polar surface area (TPSA) is 62.4 Å². The number of nitrogens with two attached hydrogens (primary N) is 1. The summed E-state index contributed by atoms with van der Waals surface area (Å²) < 4.78 is 0. The fourth-order valence-electron chi connectivity index (χ4n) is 2.69. The van der Waals surface area contributed by atoms with Gasteiger partial charge < -0.3 is 5.32 Å².